The zero-order valence-corrected chi connectivity index (χ0v) is 12.8. The van der Waals surface area contributed by atoms with Crippen LogP contribution in [-0.4, -0.2) is 34.0 Å². The minimum atomic E-state index is 0.211. The largest absolute Gasteiger partial charge is 0.343 e. The highest BCUT2D eigenvalue weighted by molar-refractivity contribution is 5.76. The summed E-state index contributed by atoms with van der Waals surface area (Å²) in [5.74, 6) is 2.50. The molecule has 1 aromatic rings. The van der Waals surface area contributed by atoms with Crippen LogP contribution in [0.25, 0.3) is 0 Å². The van der Waals surface area contributed by atoms with Crippen LogP contribution in [0, 0.1) is 5.92 Å². The van der Waals surface area contributed by atoms with Crippen molar-refractivity contribution in [1.82, 2.24) is 15.0 Å². The molecule has 1 unspecified atom stereocenters. The quantitative estimate of drug-likeness (QED) is 0.850. The molecule has 0 saturated carbocycles. The Hall–Kier alpha value is -1.39. The summed E-state index contributed by atoms with van der Waals surface area (Å²) in [6.07, 6.45) is 4.47. The minimum Gasteiger partial charge on any atom is -0.343 e. The zero-order chi connectivity index (χ0) is 14.5. The molecule has 20 heavy (non-hydrogen) atoms. The highest BCUT2D eigenvalue weighted by Crippen LogP contribution is 2.17. The van der Waals surface area contributed by atoms with Crippen molar-refractivity contribution in [2.45, 2.75) is 58.8 Å². The Labute approximate surface area is 120 Å². The lowest BCUT2D eigenvalue weighted by Crippen LogP contribution is -2.32. The zero-order valence-electron chi connectivity index (χ0n) is 12.8. The molecule has 1 aliphatic heterocycles. The van der Waals surface area contributed by atoms with Gasteiger partial charge in [0.2, 0.25) is 11.8 Å². The van der Waals surface area contributed by atoms with Crippen molar-refractivity contribution in [1.29, 1.82) is 0 Å². The van der Waals surface area contributed by atoms with Crippen molar-refractivity contribution < 1.29 is 9.32 Å². The fourth-order valence-electron chi connectivity index (χ4n) is 2.49. The number of nitrogens with zero attached hydrogens (tertiary/aromatic N) is 3. The molecule has 0 bridgehead atoms. The van der Waals surface area contributed by atoms with Crippen molar-refractivity contribution in [2.75, 3.05) is 13.1 Å². The summed E-state index contributed by atoms with van der Waals surface area (Å²) in [5, 5.41) is 3.92. The monoisotopic (exact) mass is 279 g/mol. The number of likely N-dealkylation sites (tertiary alicyclic amines) is 1. The van der Waals surface area contributed by atoms with Crippen LogP contribution in [-0.2, 0) is 11.2 Å². The van der Waals surface area contributed by atoms with E-state index in [1.807, 2.05) is 18.7 Å². The van der Waals surface area contributed by atoms with E-state index in [-0.39, 0.29) is 11.8 Å². The van der Waals surface area contributed by atoms with Gasteiger partial charge in [-0.2, -0.15) is 4.98 Å². The van der Waals surface area contributed by atoms with E-state index in [9.17, 15) is 4.79 Å². The molecule has 0 radical (unpaired) electrons. The molecule has 112 valence electrons. The number of amides is 1. The van der Waals surface area contributed by atoms with E-state index >= 15 is 0 Å². The lowest BCUT2D eigenvalue weighted by atomic mass is 10.0. The summed E-state index contributed by atoms with van der Waals surface area (Å²) in [7, 11) is 0. The smallest absolute Gasteiger partial charge is 0.227 e. The normalized spacial score (nSPS) is 20.2. The van der Waals surface area contributed by atoms with Gasteiger partial charge in [-0.15, -0.1) is 0 Å². The second-order valence-corrected chi connectivity index (χ2v) is 6.12. The standard InChI is InChI=1S/C15H25N3O2/c1-11(2)15-16-13(20-17-15)6-7-14(19)18-9-4-5-12(3)8-10-18/h11-12H,4-10H2,1-3H3. The van der Waals surface area contributed by atoms with Crippen LogP contribution in [0.4, 0.5) is 0 Å². The maximum atomic E-state index is 12.2. The first-order chi connectivity index (χ1) is 9.56. The van der Waals surface area contributed by atoms with E-state index in [1.54, 1.807) is 0 Å². The van der Waals surface area contributed by atoms with Gasteiger partial charge in [-0.1, -0.05) is 25.9 Å². The van der Waals surface area contributed by atoms with Gasteiger partial charge >= 0.3 is 0 Å². The fraction of sp³-hybridized carbons (Fsp3) is 0.800. The molecule has 0 spiro atoms. The topological polar surface area (TPSA) is 59.2 Å². The van der Waals surface area contributed by atoms with Crippen LogP contribution >= 0.6 is 0 Å². The van der Waals surface area contributed by atoms with Crippen LogP contribution in [0.5, 0.6) is 0 Å². The van der Waals surface area contributed by atoms with E-state index in [0.29, 0.717) is 18.7 Å². The summed E-state index contributed by atoms with van der Waals surface area (Å²) in [5.41, 5.74) is 0. The molecule has 1 amide bonds. The van der Waals surface area contributed by atoms with Crippen molar-refractivity contribution in [3.05, 3.63) is 11.7 Å². The van der Waals surface area contributed by atoms with Crippen LogP contribution < -0.4 is 0 Å². The number of hydrogen-bond acceptors (Lipinski definition) is 4. The third-order valence-corrected chi connectivity index (χ3v) is 3.92. The van der Waals surface area contributed by atoms with Crippen molar-refractivity contribution in [3.8, 4) is 0 Å². The number of hydrogen-bond donors (Lipinski definition) is 0. The Morgan fingerprint density at radius 1 is 1.40 bits per heavy atom. The Morgan fingerprint density at radius 3 is 2.90 bits per heavy atom. The third kappa shape index (κ3) is 4.05. The minimum absolute atomic E-state index is 0.211. The van der Waals surface area contributed by atoms with Gasteiger partial charge < -0.3 is 9.42 Å². The van der Waals surface area contributed by atoms with Crippen LogP contribution in [0.2, 0.25) is 0 Å². The van der Waals surface area contributed by atoms with E-state index in [1.165, 1.54) is 6.42 Å². The molecule has 5 heteroatoms. The molecule has 5 nitrogen and oxygen atoms in total. The van der Waals surface area contributed by atoms with E-state index in [2.05, 4.69) is 17.1 Å². The fourth-order valence-corrected chi connectivity index (χ4v) is 2.49. The first-order valence-electron chi connectivity index (χ1n) is 7.66. The second-order valence-electron chi connectivity index (χ2n) is 6.12. The summed E-state index contributed by atoms with van der Waals surface area (Å²) in [4.78, 5) is 18.5. The Kier molecular flexibility index (Phi) is 5.15. The SMILES string of the molecule is CC1CCCN(C(=O)CCc2nc(C(C)C)no2)CC1. The average molecular weight is 279 g/mol. The van der Waals surface area contributed by atoms with E-state index in [0.717, 1.165) is 37.7 Å². The van der Waals surface area contributed by atoms with Gasteiger partial charge in [0.05, 0.1) is 0 Å². The summed E-state index contributed by atoms with van der Waals surface area (Å²) >= 11 is 0. The molecule has 0 N–H and O–H groups in total. The molecule has 0 aliphatic carbocycles. The average Bonchev–Trinajstić information content (AvgIpc) is 2.79. The lowest BCUT2D eigenvalue weighted by Gasteiger charge is -2.20. The van der Waals surface area contributed by atoms with E-state index < -0.39 is 0 Å². The number of rotatable bonds is 4. The molecular weight excluding hydrogens is 254 g/mol. The highest BCUT2D eigenvalue weighted by atomic mass is 16.5. The first-order valence-corrected chi connectivity index (χ1v) is 7.66. The van der Waals surface area contributed by atoms with Gasteiger partial charge in [-0.3, -0.25) is 4.79 Å². The number of carbonyl (C=O) groups excluding carboxylic acids is 1. The predicted octanol–water partition coefficient (Wildman–Crippen LogP) is 2.77. The molecule has 2 heterocycles. The molecule has 2 rings (SSSR count). The summed E-state index contributed by atoms with van der Waals surface area (Å²) in [6, 6.07) is 0. The van der Waals surface area contributed by atoms with Gasteiger partial charge in [0.15, 0.2) is 5.82 Å². The predicted molar refractivity (Wildman–Crippen MR) is 76.3 cm³/mol. The highest BCUT2D eigenvalue weighted by Gasteiger charge is 2.19. The van der Waals surface area contributed by atoms with Crippen LogP contribution in [0.3, 0.4) is 0 Å². The Bertz CT molecular complexity index is 442. The molecule has 1 aliphatic rings. The third-order valence-electron chi connectivity index (χ3n) is 3.92. The molecule has 1 fully saturated rings. The second kappa shape index (κ2) is 6.86. The summed E-state index contributed by atoms with van der Waals surface area (Å²) in [6.45, 7) is 8.10. The van der Waals surface area contributed by atoms with Crippen molar-refractivity contribution >= 4 is 5.91 Å². The lowest BCUT2D eigenvalue weighted by molar-refractivity contribution is -0.131. The molecule has 0 aromatic carbocycles. The van der Waals surface area contributed by atoms with E-state index in [4.69, 9.17) is 4.52 Å². The van der Waals surface area contributed by atoms with Gasteiger partial charge in [-0.05, 0) is 25.2 Å². The van der Waals surface area contributed by atoms with Crippen LogP contribution in [0.1, 0.15) is 64.1 Å². The van der Waals surface area contributed by atoms with Gasteiger partial charge in [-0.25, -0.2) is 0 Å². The van der Waals surface area contributed by atoms with Crippen LogP contribution in [0.15, 0.2) is 4.52 Å². The Balaban J connectivity index is 1.81. The maximum Gasteiger partial charge on any atom is 0.227 e. The number of aryl methyl sites for hydroxylation is 1. The molecule has 1 aromatic heterocycles. The van der Waals surface area contributed by atoms with Crippen molar-refractivity contribution in [2.24, 2.45) is 5.92 Å². The Morgan fingerprint density at radius 2 is 2.20 bits per heavy atom. The van der Waals surface area contributed by atoms with Gasteiger partial charge in [0.1, 0.15) is 0 Å². The maximum absolute atomic E-state index is 12.2. The van der Waals surface area contributed by atoms with Gasteiger partial charge in [0, 0.05) is 31.8 Å². The van der Waals surface area contributed by atoms with Crippen molar-refractivity contribution in [3.63, 3.8) is 0 Å². The molecule has 1 atom stereocenters. The number of aromatic nitrogens is 2. The first kappa shape index (κ1) is 15.0. The summed E-state index contributed by atoms with van der Waals surface area (Å²) < 4.78 is 5.17. The molecular formula is C15H25N3O2. The number of carbonyl (C=O) groups is 1. The molecule has 1 saturated heterocycles. The van der Waals surface area contributed by atoms with Gasteiger partial charge in [0.25, 0.3) is 0 Å².